The molecule has 3 rings (SSSR count). The van der Waals surface area contributed by atoms with E-state index in [0.717, 1.165) is 22.4 Å². The van der Waals surface area contributed by atoms with Crippen LogP contribution < -0.4 is 15.4 Å². The number of halogens is 1. The summed E-state index contributed by atoms with van der Waals surface area (Å²) in [6.45, 7) is 1.93. The first kappa shape index (κ1) is 22.2. The Morgan fingerprint density at radius 2 is 1.48 bits per heavy atom. The lowest BCUT2D eigenvalue weighted by molar-refractivity contribution is 0.233. The van der Waals surface area contributed by atoms with Gasteiger partial charge in [-0.15, -0.1) is 0 Å². The highest BCUT2D eigenvalue weighted by molar-refractivity contribution is 5.74. The Morgan fingerprint density at radius 1 is 0.903 bits per heavy atom. The van der Waals surface area contributed by atoms with Gasteiger partial charge in [-0.05, 0) is 72.9 Å². The van der Waals surface area contributed by atoms with E-state index in [1.165, 1.54) is 12.1 Å². The summed E-state index contributed by atoms with van der Waals surface area (Å²) in [7, 11) is 1.60. The second kappa shape index (κ2) is 10.5. The van der Waals surface area contributed by atoms with E-state index in [1.807, 2.05) is 43.3 Å². The van der Waals surface area contributed by atoms with Crippen LogP contribution in [0.25, 0.3) is 0 Å². The van der Waals surface area contributed by atoms with Gasteiger partial charge < -0.3 is 20.5 Å². The predicted molar refractivity (Wildman–Crippen MR) is 119 cm³/mol. The van der Waals surface area contributed by atoms with E-state index in [9.17, 15) is 14.3 Å². The lowest BCUT2D eigenvalue weighted by atomic mass is 9.98. The molecule has 0 fully saturated rings. The van der Waals surface area contributed by atoms with E-state index in [-0.39, 0.29) is 29.7 Å². The number of phenolic OH excluding ortho intramolecular Hbond substituents is 1. The first-order chi connectivity index (χ1) is 14.9. The first-order valence-electron chi connectivity index (χ1n) is 10.2. The highest BCUT2D eigenvalue weighted by atomic mass is 19.1. The average molecular weight is 423 g/mol. The Morgan fingerprint density at radius 3 is 2.10 bits per heavy atom. The normalized spacial score (nSPS) is 12.6. The summed E-state index contributed by atoms with van der Waals surface area (Å²) < 4.78 is 18.5. The van der Waals surface area contributed by atoms with Crippen LogP contribution in [-0.4, -0.2) is 24.3 Å². The summed E-state index contributed by atoms with van der Waals surface area (Å²) in [5.74, 6) is 0.653. The van der Waals surface area contributed by atoms with Crippen LogP contribution in [0.15, 0.2) is 72.8 Å². The average Bonchev–Trinajstić information content (AvgIpc) is 2.76. The van der Waals surface area contributed by atoms with E-state index >= 15 is 0 Å². The molecule has 3 N–H and O–H groups in total. The van der Waals surface area contributed by atoms with Gasteiger partial charge in [-0.3, -0.25) is 0 Å². The van der Waals surface area contributed by atoms with Gasteiger partial charge in [0, 0.05) is 6.04 Å². The third-order valence-corrected chi connectivity index (χ3v) is 5.03. The van der Waals surface area contributed by atoms with Crippen LogP contribution in [-0.2, 0) is 12.8 Å². The molecule has 2 unspecified atom stereocenters. The molecular weight excluding hydrogens is 395 g/mol. The number of rotatable bonds is 8. The van der Waals surface area contributed by atoms with Crippen LogP contribution in [0.2, 0.25) is 0 Å². The summed E-state index contributed by atoms with van der Waals surface area (Å²) in [6.07, 6.45) is 1.16. The van der Waals surface area contributed by atoms with Crippen LogP contribution in [0, 0.1) is 5.82 Å². The van der Waals surface area contributed by atoms with Crippen LogP contribution >= 0.6 is 0 Å². The first-order valence-corrected chi connectivity index (χ1v) is 10.2. The van der Waals surface area contributed by atoms with Gasteiger partial charge in [0.15, 0.2) is 0 Å². The molecule has 162 valence electrons. The Bertz CT molecular complexity index is 973. The number of methoxy groups -OCH3 is 1. The molecule has 5 nitrogen and oxygen atoms in total. The number of carbonyl (C=O) groups excluding carboxylic acids is 1. The fourth-order valence-corrected chi connectivity index (χ4v) is 3.40. The third kappa shape index (κ3) is 6.74. The molecule has 0 aliphatic carbocycles. The maximum Gasteiger partial charge on any atom is 0.315 e. The predicted octanol–water partition coefficient (Wildman–Crippen LogP) is 4.75. The molecular formula is C25H27FN2O3. The van der Waals surface area contributed by atoms with Crippen molar-refractivity contribution in [2.75, 3.05) is 7.11 Å². The summed E-state index contributed by atoms with van der Waals surface area (Å²) in [6, 6.07) is 20.0. The van der Waals surface area contributed by atoms with Crippen molar-refractivity contribution in [1.82, 2.24) is 10.6 Å². The largest absolute Gasteiger partial charge is 0.508 e. The molecule has 2 atom stereocenters. The topological polar surface area (TPSA) is 70.6 Å². The minimum Gasteiger partial charge on any atom is -0.508 e. The minimum absolute atomic E-state index is 0.105. The molecule has 0 saturated heterocycles. The van der Waals surface area contributed by atoms with Crippen molar-refractivity contribution in [3.8, 4) is 11.5 Å². The summed E-state index contributed by atoms with van der Waals surface area (Å²) in [4.78, 5) is 12.7. The van der Waals surface area contributed by atoms with E-state index in [2.05, 4.69) is 10.6 Å². The van der Waals surface area contributed by atoms with Crippen LogP contribution in [0.3, 0.4) is 0 Å². The molecule has 0 bridgehead atoms. The number of hydrogen-bond acceptors (Lipinski definition) is 3. The van der Waals surface area contributed by atoms with E-state index < -0.39 is 0 Å². The van der Waals surface area contributed by atoms with Crippen LogP contribution in [0.1, 0.15) is 29.7 Å². The molecule has 6 heteroatoms. The molecule has 3 aromatic rings. The van der Waals surface area contributed by atoms with E-state index in [4.69, 9.17) is 4.74 Å². The molecule has 0 radical (unpaired) electrons. The summed E-state index contributed by atoms with van der Waals surface area (Å²) >= 11 is 0. The van der Waals surface area contributed by atoms with Gasteiger partial charge in [0.2, 0.25) is 0 Å². The fraction of sp³-hybridized carbons (Fsp3) is 0.240. The zero-order valence-corrected chi connectivity index (χ0v) is 17.6. The van der Waals surface area contributed by atoms with Gasteiger partial charge in [0.1, 0.15) is 17.3 Å². The van der Waals surface area contributed by atoms with Crippen molar-refractivity contribution in [2.24, 2.45) is 0 Å². The van der Waals surface area contributed by atoms with Crippen molar-refractivity contribution >= 4 is 6.03 Å². The molecule has 3 aromatic carbocycles. The van der Waals surface area contributed by atoms with Crippen molar-refractivity contribution in [2.45, 2.75) is 31.8 Å². The number of carbonyl (C=O) groups is 1. The number of benzene rings is 3. The second-order valence-electron chi connectivity index (χ2n) is 7.55. The van der Waals surface area contributed by atoms with Gasteiger partial charge in [-0.2, -0.15) is 0 Å². The Kier molecular flexibility index (Phi) is 7.49. The van der Waals surface area contributed by atoms with Crippen molar-refractivity contribution in [1.29, 1.82) is 0 Å². The molecule has 0 aromatic heterocycles. The zero-order valence-electron chi connectivity index (χ0n) is 17.6. The molecule has 0 aliphatic rings. The molecule has 0 spiro atoms. The molecule has 0 aliphatic heterocycles. The lowest BCUT2D eigenvalue weighted by Gasteiger charge is -2.22. The number of phenols is 1. The maximum atomic E-state index is 13.3. The van der Waals surface area contributed by atoms with Crippen LogP contribution in [0.5, 0.6) is 11.5 Å². The quantitative estimate of drug-likeness (QED) is 0.490. The lowest BCUT2D eigenvalue weighted by Crippen LogP contribution is -2.43. The van der Waals surface area contributed by atoms with Gasteiger partial charge in [-0.25, -0.2) is 9.18 Å². The van der Waals surface area contributed by atoms with Gasteiger partial charge in [-0.1, -0.05) is 36.4 Å². The molecule has 2 amide bonds. The smallest absolute Gasteiger partial charge is 0.315 e. The van der Waals surface area contributed by atoms with E-state index in [0.29, 0.717) is 12.8 Å². The SMILES string of the molecule is COc1ccc(C(Cc2ccc(F)cc2)NC(=O)NC(C)Cc2ccc(O)cc2)cc1. The Balaban J connectivity index is 1.67. The number of hydrogen-bond donors (Lipinski definition) is 3. The van der Waals surface area contributed by atoms with Gasteiger partial charge in [0.05, 0.1) is 13.2 Å². The standard InChI is InChI=1S/C25H27FN2O3/c1-17(15-18-5-11-22(29)12-6-18)27-25(30)28-24(16-19-3-9-21(26)10-4-19)20-7-13-23(31-2)14-8-20/h3-14,17,24,29H,15-16H2,1-2H3,(H2,27,28,30). The van der Waals surface area contributed by atoms with Crippen molar-refractivity contribution in [3.63, 3.8) is 0 Å². The third-order valence-electron chi connectivity index (χ3n) is 5.03. The number of ether oxygens (including phenoxy) is 1. The number of aromatic hydroxyl groups is 1. The Hall–Kier alpha value is -3.54. The maximum absolute atomic E-state index is 13.3. The number of urea groups is 1. The van der Waals surface area contributed by atoms with Gasteiger partial charge >= 0.3 is 6.03 Å². The zero-order chi connectivity index (χ0) is 22.2. The molecule has 31 heavy (non-hydrogen) atoms. The molecule has 0 saturated carbocycles. The summed E-state index contributed by atoms with van der Waals surface area (Å²) in [5, 5.41) is 15.4. The fourth-order valence-electron chi connectivity index (χ4n) is 3.40. The van der Waals surface area contributed by atoms with Crippen LogP contribution in [0.4, 0.5) is 9.18 Å². The summed E-state index contributed by atoms with van der Waals surface area (Å²) in [5.41, 5.74) is 2.86. The van der Waals surface area contributed by atoms with Gasteiger partial charge in [0.25, 0.3) is 0 Å². The monoisotopic (exact) mass is 422 g/mol. The number of nitrogens with one attached hydrogen (secondary N) is 2. The Labute approximate surface area is 181 Å². The molecule has 0 heterocycles. The van der Waals surface area contributed by atoms with Crippen molar-refractivity contribution in [3.05, 3.63) is 95.3 Å². The van der Waals surface area contributed by atoms with Crippen molar-refractivity contribution < 1.29 is 19.0 Å². The minimum atomic E-state index is -0.294. The second-order valence-corrected chi connectivity index (χ2v) is 7.55. The highest BCUT2D eigenvalue weighted by Crippen LogP contribution is 2.22. The highest BCUT2D eigenvalue weighted by Gasteiger charge is 2.17. The number of amides is 2. The van der Waals surface area contributed by atoms with E-state index in [1.54, 1.807) is 31.4 Å².